The molecule has 2 N–H and O–H groups in total. The minimum atomic E-state index is 0.424. The third-order valence-corrected chi connectivity index (χ3v) is 2.38. The van der Waals surface area contributed by atoms with E-state index in [1.54, 1.807) is 12.4 Å². The Labute approximate surface area is 100 Å². The molecule has 0 aromatic carbocycles. The molecule has 17 heavy (non-hydrogen) atoms. The van der Waals surface area contributed by atoms with Gasteiger partial charge in [-0.25, -0.2) is 9.97 Å². The highest BCUT2D eigenvalue weighted by Gasteiger charge is 2.06. The predicted molar refractivity (Wildman–Crippen MR) is 66.3 cm³/mol. The van der Waals surface area contributed by atoms with Crippen molar-refractivity contribution in [3.63, 3.8) is 0 Å². The summed E-state index contributed by atoms with van der Waals surface area (Å²) in [6, 6.07) is 7.66. The first-order valence-corrected chi connectivity index (χ1v) is 5.42. The van der Waals surface area contributed by atoms with Gasteiger partial charge in [0.1, 0.15) is 0 Å². The smallest absolute Gasteiger partial charge is 0.225 e. The number of rotatable bonds is 4. The van der Waals surface area contributed by atoms with Crippen LogP contribution in [0.2, 0.25) is 0 Å². The third kappa shape index (κ3) is 2.98. The first kappa shape index (κ1) is 11.5. The second-order valence-electron chi connectivity index (χ2n) is 3.73. The quantitative estimate of drug-likeness (QED) is 0.846. The van der Waals surface area contributed by atoms with E-state index >= 15 is 0 Å². The van der Waals surface area contributed by atoms with E-state index in [9.17, 15) is 0 Å². The lowest BCUT2D eigenvalue weighted by Crippen LogP contribution is -2.20. The summed E-state index contributed by atoms with van der Waals surface area (Å²) in [5, 5.41) is 0. The molecule has 0 aliphatic carbocycles. The maximum absolute atomic E-state index is 5.55. The zero-order valence-electron chi connectivity index (χ0n) is 9.74. The molecule has 0 saturated heterocycles. The Bertz CT molecular complexity index is 471. The van der Waals surface area contributed by atoms with Crippen LogP contribution in [-0.4, -0.2) is 22.0 Å². The lowest BCUT2D eigenvalue weighted by Gasteiger charge is -2.16. The first-order chi connectivity index (χ1) is 8.29. The maximum Gasteiger partial charge on any atom is 0.225 e. The topological polar surface area (TPSA) is 67.9 Å². The van der Waals surface area contributed by atoms with Gasteiger partial charge in [-0.3, -0.25) is 4.98 Å². The molecule has 0 aliphatic heterocycles. The summed E-state index contributed by atoms with van der Waals surface area (Å²) >= 11 is 0. The van der Waals surface area contributed by atoms with E-state index in [0.717, 1.165) is 11.4 Å². The molecule has 2 heterocycles. The molecule has 2 aromatic heterocycles. The van der Waals surface area contributed by atoms with Crippen LogP contribution in [-0.2, 0) is 13.1 Å². The van der Waals surface area contributed by atoms with Gasteiger partial charge < -0.3 is 10.6 Å². The van der Waals surface area contributed by atoms with Gasteiger partial charge in [0.2, 0.25) is 5.95 Å². The van der Waals surface area contributed by atoms with Crippen LogP contribution in [0.15, 0.2) is 36.7 Å². The van der Waals surface area contributed by atoms with E-state index in [-0.39, 0.29) is 0 Å². The summed E-state index contributed by atoms with van der Waals surface area (Å²) in [5.74, 6) is 0.665. The summed E-state index contributed by atoms with van der Waals surface area (Å²) in [6.07, 6.45) is 3.50. The Hall–Kier alpha value is -2.01. The van der Waals surface area contributed by atoms with Crippen molar-refractivity contribution in [3.8, 4) is 0 Å². The fraction of sp³-hybridized carbons (Fsp3) is 0.250. The van der Waals surface area contributed by atoms with Crippen LogP contribution in [0.3, 0.4) is 0 Å². The van der Waals surface area contributed by atoms with Crippen LogP contribution in [0.1, 0.15) is 11.4 Å². The van der Waals surface area contributed by atoms with Crippen molar-refractivity contribution in [2.24, 2.45) is 5.73 Å². The zero-order valence-corrected chi connectivity index (χ0v) is 9.74. The molecule has 2 aromatic rings. The minimum Gasteiger partial charge on any atom is -0.338 e. The molecular formula is C12H15N5. The van der Waals surface area contributed by atoms with Crippen LogP contribution < -0.4 is 10.6 Å². The van der Waals surface area contributed by atoms with Crippen molar-refractivity contribution in [2.75, 3.05) is 11.9 Å². The van der Waals surface area contributed by atoms with Crippen molar-refractivity contribution in [2.45, 2.75) is 13.1 Å². The van der Waals surface area contributed by atoms with E-state index in [1.807, 2.05) is 36.2 Å². The van der Waals surface area contributed by atoms with Gasteiger partial charge in [-0.1, -0.05) is 6.07 Å². The Kier molecular flexibility index (Phi) is 3.62. The number of nitrogens with two attached hydrogens (primary N) is 1. The Balaban J connectivity index is 2.11. The average molecular weight is 229 g/mol. The van der Waals surface area contributed by atoms with Crippen LogP contribution in [0, 0.1) is 0 Å². The second-order valence-corrected chi connectivity index (χ2v) is 3.73. The van der Waals surface area contributed by atoms with E-state index in [4.69, 9.17) is 5.73 Å². The molecule has 5 nitrogen and oxygen atoms in total. The minimum absolute atomic E-state index is 0.424. The Morgan fingerprint density at radius 3 is 2.71 bits per heavy atom. The summed E-state index contributed by atoms with van der Waals surface area (Å²) in [6.45, 7) is 1.10. The van der Waals surface area contributed by atoms with Crippen LogP contribution in [0.4, 0.5) is 5.95 Å². The monoisotopic (exact) mass is 229 g/mol. The molecule has 2 rings (SSSR count). The third-order valence-electron chi connectivity index (χ3n) is 2.38. The number of nitrogens with zero attached hydrogens (tertiary/aromatic N) is 4. The summed E-state index contributed by atoms with van der Waals surface area (Å²) in [5.41, 5.74) is 7.37. The SMILES string of the molecule is CN(Cc1ccccn1)c1nccc(CN)n1. The van der Waals surface area contributed by atoms with Gasteiger partial charge in [0.25, 0.3) is 0 Å². The van der Waals surface area contributed by atoms with Crippen molar-refractivity contribution in [1.82, 2.24) is 15.0 Å². The van der Waals surface area contributed by atoms with Gasteiger partial charge in [0, 0.05) is 26.0 Å². The van der Waals surface area contributed by atoms with Crippen molar-refractivity contribution in [3.05, 3.63) is 48.0 Å². The molecule has 0 amide bonds. The van der Waals surface area contributed by atoms with E-state index in [1.165, 1.54) is 0 Å². The van der Waals surface area contributed by atoms with E-state index < -0.39 is 0 Å². The van der Waals surface area contributed by atoms with Crippen LogP contribution in [0.25, 0.3) is 0 Å². The summed E-state index contributed by atoms with van der Waals surface area (Å²) in [4.78, 5) is 14.8. The number of anilines is 1. The van der Waals surface area contributed by atoms with Gasteiger partial charge in [0.15, 0.2) is 0 Å². The van der Waals surface area contributed by atoms with Gasteiger partial charge >= 0.3 is 0 Å². The highest BCUT2D eigenvalue weighted by atomic mass is 15.2. The highest BCUT2D eigenvalue weighted by molar-refractivity contribution is 5.29. The molecule has 0 aliphatic rings. The van der Waals surface area contributed by atoms with Gasteiger partial charge in [-0.05, 0) is 18.2 Å². The lowest BCUT2D eigenvalue weighted by atomic mass is 10.3. The Morgan fingerprint density at radius 1 is 1.12 bits per heavy atom. The molecule has 0 atom stereocenters. The largest absolute Gasteiger partial charge is 0.338 e. The Morgan fingerprint density at radius 2 is 2.00 bits per heavy atom. The predicted octanol–water partition coefficient (Wildman–Crippen LogP) is 0.967. The van der Waals surface area contributed by atoms with E-state index in [0.29, 0.717) is 19.0 Å². The van der Waals surface area contributed by atoms with Crippen molar-refractivity contribution in [1.29, 1.82) is 0 Å². The number of hydrogen-bond donors (Lipinski definition) is 1. The fourth-order valence-corrected chi connectivity index (χ4v) is 1.49. The van der Waals surface area contributed by atoms with Crippen LogP contribution >= 0.6 is 0 Å². The van der Waals surface area contributed by atoms with Crippen molar-refractivity contribution < 1.29 is 0 Å². The second kappa shape index (κ2) is 5.36. The molecule has 0 spiro atoms. The number of aromatic nitrogens is 3. The normalized spacial score (nSPS) is 10.2. The maximum atomic E-state index is 5.55. The highest BCUT2D eigenvalue weighted by Crippen LogP contribution is 2.08. The molecule has 0 bridgehead atoms. The van der Waals surface area contributed by atoms with Crippen LogP contribution in [0.5, 0.6) is 0 Å². The first-order valence-electron chi connectivity index (χ1n) is 5.42. The fourth-order valence-electron chi connectivity index (χ4n) is 1.49. The molecule has 88 valence electrons. The molecule has 5 heteroatoms. The molecule has 0 saturated carbocycles. The summed E-state index contributed by atoms with van der Waals surface area (Å²) < 4.78 is 0. The number of hydrogen-bond acceptors (Lipinski definition) is 5. The number of pyridine rings is 1. The molecule has 0 unspecified atom stereocenters. The lowest BCUT2D eigenvalue weighted by molar-refractivity contribution is 0.825. The molecule has 0 fully saturated rings. The van der Waals surface area contributed by atoms with Gasteiger partial charge in [-0.15, -0.1) is 0 Å². The van der Waals surface area contributed by atoms with Gasteiger partial charge in [-0.2, -0.15) is 0 Å². The van der Waals surface area contributed by atoms with E-state index in [2.05, 4.69) is 15.0 Å². The molecule has 0 radical (unpaired) electrons. The average Bonchev–Trinajstić information content (AvgIpc) is 2.40. The standard InChI is InChI=1S/C12H15N5/c1-17(9-11-4-2-3-6-14-11)12-15-7-5-10(8-13)16-12/h2-7H,8-9,13H2,1H3. The van der Waals surface area contributed by atoms with Gasteiger partial charge in [0.05, 0.1) is 17.9 Å². The van der Waals surface area contributed by atoms with Crippen molar-refractivity contribution >= 4 is 5.95 Å². The zero-order chi connectivity index (χ0) is 12.1. The molecular weight excluding hydrogens is 214 g/mol. The summed E-state index contributed by atoms with van der Waals surface area (Å²) in [7, 11) is 1.93.